The van der Waals surface area contributed by atoms with E-state index in [0.29, 0.717) is 33.2 Å². The molecule has 2 aromatic carbocycles. The van der Waals surface area contributed by atoms with Crippen LogP contribution in [0, 0.1) is 0 Å². The lowest BCUT2D eigenvalue weighted by Crippen LogP contribution is -2.15. The summed E-state index contributed by atoms with van der Waals surface area (Å²) in [4.78, 5) is 12.4. The van der Waals surface area contributed by atoms with Gasteiger partial charge in [-0.3, -0.25) is 4.79 Å². The predicted octanol–water partition coefficient (Wildman–Crippen LogP) is 4.81. The Hall–Kier alpha value is -3.12. The molecule has 0 saturated carbocycles. The van der Waals surface area contributed by atoms with Crippen molar-refractivity contribution in [2.24, 2.45) is 7.05 Å². The first-order valence-electron chi connectivity index (χ1n) is 9.65. The molecule has 8 nitrogen and oxygen atoms in total. The fourth-order valence-corrected chi connectivity index (χ4v) is 3.74. The Bertz CT molecular complexity index is 1170. The highest BCUT2D eigenvalue weighted by Crippen LogP contribution is 2.36. The number of carbonyl (C=O) groups excluding carboxylic acids is 1. The van der Waals surface area contributed by atoms with E-state index in [0.717, 1.165) is 23.9 Å². The van der Waals surface area contributed by atoms with Gasteiger partial charge in [-0.15, -0.1) is 10.2 Å². The number of halogens is 4. The van der Waals surface area contributed by atoms with E-state index >= 15 is 0 Å². The monoisotopic (exact) mass is 516 g/mol. The fourth-order valence-electron chi connectivity index (χ4n) is 2.78. The normalized spacial score (nSPS) is 11.3. The summed E-state index contributed by atoms with van der Waals surface area (Å²) in [6, 6.07) is 7.64. The second-order valence-corrected chi connectivity index (χ2v) is 8.15. The van der Waals surface area contributed by atoms with E-state index in [1.54, 1.807) is 17.7 Å². The zero-order valence-electron chi connectivity index (χ0n) is 18.3. The molecule has 0 aliphatic carbocycles. The standard InChI is InChI=1S/C21H20ClF3N4O4S/c1-29-18(10-33-13-6-4-5-12(7-13)21(23,24)25)27-28-20(29)34-11-19(30)26-15-9-16(31-2)14(22)8-17(15)32-3/h4-9H,10-11H2,1-3H3,(H,26,30). The number of ether oxygens (including phenoxy) is 3. The first-order chi connectivity index (χ1) is 16.1. The van der Waals surface area contributed by atoms with Crippen LogP contribution in [-0.4, -0.2) is 40.6 Å². The zero-order chi connectivity index (χ0) is 24.9. The van der Waals surface area contributed by atoms with Gasteiger partial charge in [-0.25, -0.2) is 0 Å². The van der Waals surface area contributed by atoms with Crippen molar-refractivity contribution in [3.8, 4) is 17.2 Å². The summed E-state index contributed by atoms with van der Waals surface area (Å²) < 4.78 is 56.0. The maximum absolute atomic E-state index is 12.8. The van der Waals surface area contributed by atoms with E-state index in [1.807, 2.05) is 0 Å². The largest absolute Gasteiger partial charge is 0.495 e. The van der Waals surface area contributed by atoms with Gasteiger partial charge in [0.2, 0.25) is 5.91 Å². The highest BCUT2D eigenvalue weighted by molar-refractivity contribution is 7.99. The van der Waals surface area contributed by atoms with Crippen molar-refractivity contribution in [1.29, 1.82) is 0 Å². The molecule has 0 spiro atoms. The van der Waals surface area contributed by atoms with Gasteiger partial charge in [-0.05, 0) is 18.2 Å². The van der Waals surface area contributed by atoms with Crippen molar-refractivity contribution in [2.75, 3.05) is 25.3 Å². The van der Waals surface area contributed by atoms with Crippen LogP contribution in [0.5, 0.6) is 17.2 Å². The molecular formula is C21H20ClF3N4O4S. The van der Waals surface area contributed by atoms with Crippen LogP contribution in [0.4, 0.5) is 18.9 Å². The summed E-state index contributed by atoms with van der Waals surface area (Å²) >= 11 is 7.19. The number of carbonyl (C=O) groups is 1. The van der Waals surface area contributed by atoms with Crippen molar-refractivity contribution in [2.45, 2.75) is 17.9 Å². The number of thioether (sulfide) groups is 1. The molecule has 1 heterocycles. The highest BCUT2D eigenvalue weighted by Gasteiger charge is 2.30. The molecule has 0 unspecified atom stereocenters. The van der Waals surface area contributed by atoms with E-state index in [9.17, 15) is 18.0 Å². The average molecular weight is 517 g/mol. The Morgan fingerprint density at radius 1 is 1.15 bits per heavy atom. The van der Waals surface area contributed by atoms with Gasteiger partial charge in [0, 0.05) is 19.2 Å². The number of aromatic nitrogens is 3. The predicted molar refractivity (Wildman–Crippen MR) is 121 cm³/mol. The van der Waals surface area contributed by atoms with Gasteiger partial charge >= 0.3 is 6.18 Å². The maximum Gasteiger partial charge on any atom is 0.416 e. The summed E-state index contributed by atoms with van der Waals surface area (Å²) in [7, 11) is 4.57. The third-order valence-corrected chi connectivity index (χ3v) is 5.85. The van der Waals surface area contributed by atoms with E-state index in [4.69, 9.17) is 25.8 Å². The second kappa shape index (κ2) is 10.9. The van der Waals surface area contributed by atoms with E-state index in [2.05, 4.69) is 15.5 Å². The van der Waals surface area contributed by atoms with Crippen LogP contribution >= 0.6 is 23.4 Å². The zero-order valence-corrected chi connectivity index (χ0v) is 19.8. The Labute approximate surface area is 202 Å². The third-order valence-electron chi connectivity index (χ3n) is 4.53. The minimum absolute atomic E-state index is 0.00849. The maximum atomic E-state index is 12.8. The van der Waals surface area contributed by atoms with Crippen LogP contribution < -0.4 is 19.5 Å². The van der Waals surface area contributed by atoms with Crippen molar-refractivity contribution in [3.63, 3.8) is 0 Å². The molecule has 0 aliphatic rings. The molecule has 3 aromatic rings. The third kappa shape index (κ3) is 6.26. The summed E-state index contributed by atoms with van der Waals surface area (Å²) in [6.07, 6.45) is -4.46. The molecule has 34 heavy (non-hydrogen) atoms. The minimum atomic E-state index is -4.46. The molecule has 0 fully saturated rings. The van der Waals surface area contributed by atoms with Crippen molar-refractivity contribution >= 4 is 35.0 Å². The van der Waals surface area contributed by atoms with E-state index in [-0.39, 0.29) is 24.0 Å². The van der Waals surface area contributed by atoms with Gasteiger partial charge in [0.25, 0.3) is 0 Å². The van der Waals surface area contributed by atoms with Crippen LogP contribution in [0.2, 0.25) is 5.02 Å². The summed E-state index contributed by atoms with van der Waals surface area (Å²) in [5.74, 6) is 0.857. The number of benzene rings is 2. The lowest BCUT2D eigenvalue weighted by Gasteiger charge is -2.13. The smallest absolute Gasteiger partial charge is 0.416 e. The molecule has 1 N–H and O–H groups in total. The molecule has 0 saturated heterocycles. The molecule has 0 bridgehead atoms. The van der Waals surface area contributed by atoms with Crippen molar-refractivity contribution < 1.29 is 32.2 Å². The number of anilines is 1. The number of alkyl halides is 3. The SMILES string of the molecule is COc1cc(NC(=O)CSc2nnc(COc3cccc(C(F)(F)F)c3)n2C)c(OC)cc1Cl. The molecule has 1 aromatic heterocycles. The van der Waals surface area contributed by atoms with Crippen LogP contribution in [0.25, 0.3) is 0 Å². The van der Waals surface area contributed by atoms with Crippen LogP contribution in [0.3, 0.4) is 0 Å². The van der Waals surface area contributed by atoms with Crippen LogP contribution in [-0.2, 0) is 24.6 Å². The lowest BCUT2D eigenvalue weighted by atomic mass is 10.2. The van der Waals surface area contributed by atoms with E-state index in [1.165, 1.54) is 32.4 Å². The number of hydrogen-bond acceptors (Lipinski definition) is 7. The van der Waals surface area contributed by atoms with Crippen molar-refractivity contribution in [3.05, 3.63) is 52.8 Å². The summed E-state index contributed by atoms with van der Waals surface area (Å²) in [5.41, 5.74) is -0.414. The quantitative estimate of drug-likeness (QED) is 0.408. The summed E-state index contributed by atoms with van der Waals surface area (Å²) in [5, 5.41) is 11.5. The van der Waals surface area contributed by atoms with Crippen LogP contribution in [0.1, 0.15) is 11.4 Å². The number of hydrogen-bond donors (Lipinski definition) is 1. The number of methoxy groups -OCH3 is 2. The molecule has 182 valence electrons. The Morgan fingerprint density at radius 2 is 1.88 bits per heavy atom. The van der Waals surface area contributed by atoms with Gasteiger partial charge in [0.15, 0.2) is 11.0 Å². The molecule has 13 heteroatoms. The summed E-state index contributed by atoms with van der Waals surface area (Å²) in [6.45, 7) is -0.0979. The number of nitrogens with zero attached hydrogens (tertiary/aromatic N) is 3. The number of rotatable bonds is 9. The molecule has 0 atom stereocenters. The Kier molecular flexibility index (Phi) is 8.15. The molecule has 0 aliphatic heterocycles. The van der Waals surface area contributed by atoms with E-state index < -0.39 is 11.7 Å². The second-order valence-electron chi connectivity index (χ2n) is 6.80. The average Bonchev–Trinajstić information content (AvgIpc) is 3.16. The number of nitrogens with one attached hydrogen (secondary N) is 1. The van der Waals surface area contributed by atoms with Gasteiger partial charge in [-0.2, -0.15) is 13.2 Å². The Morgan fingerprint density at radius 3 is 2.56 bits per heavy atom. The van der Waals surface area contributed by atoms with Gasteiger partial charge in [0.05, 0.1) is 36.2 Å². The Balaban J connectivity index is 1.59. The van der Waals surface area contributed by atoms with Crippen LogP contribution in [0.15, 0.2) is 41.6 Å². The molecule has 0 radical (unpaired) electrons. The van der Waals surface area contributed by atoms with Crippen molar-refractivity contribution in [1.82, 2.24) is 14.8 Å². The lowest BCUT2D eigenvalue weighted by molar-refractivity contribution is -0.137. The topological polar surface area (TPSA) is 87.5 Å². The fraction of sp³-hybridized carbons (Fsp3) is 0.286. The van der Waals surface area contributed by atoms with Gasteiger partial charge in [0.1, 0.15) is 23.9 Å². The molecular weight excluding hydrogens is 497 g/mol. The minimum Gasteiger partial charge on any atom is -0.495 e. The molecule has 3 rings (SSSR count). The highest BCUT2D eigenvalue weighted by atomic mass is 35.5. The first kappa shape index (κ1) is 25.5. The van der Waals surface area contributed by atoms with Gasteiger partial charge < -0.3 is 24.1 Å². The first-order valence-corrected chi connectivity index (χ1v) is 11.0. The molecule has 1 amide bonds. The number of amides is 1. The van der Waals surface area contributed by atoms with Gasteiger partial charge in [-0.1, -0.05) is 29.4 Å².